The zero-order valence-corrected chi connectivity index (χ0v) is 17.1. The van der Waals surface area contributed by atoms with E-state index >= 15 is 0 Å². The summed E-state index contributed by atoms with van der Waals surface area (Å²) in [6.07, 6.45) is 3.72. The number of nitrogens with zero attached hydrogens (tertiary/aromatic N) is 2. The number of aliphatic imine (C=N–C) groups is 1. The Bertz CT molecular complexity index is 1030. The van der Waals surface area contributed by atoms with Crippen LogP contribution in [0.1, 0.15) is 18.1 Å². The molecule has 2 N–H and O–H groups in total. The first-order chi connectivity index (χ1) is 14.0. The highest BCUT2D eigenvalue weighted by molar-refractivity contribution is 6.30. The summed E-state index contributed by atoms with van der Waals surface area (Å²) < 4.78 is 0. The lowest BCUT2D eigenvalue weighted by molar-refractivity contribution is 0.213. The first-order valence-electron chi connectivity index (χ1n) is 9.11. The van der Waals surface area contributed by atoms with Gasteiger partial charge in [-0.25, -0.2) is 4.99 Å². The molecule has 146 valence electrons. The van der Waals surface area contributed by atoms with Crippen LogP contribution in [-0.4, -0.2) is 18.7 Å². The molecule has 3 rings (SSSR count). The Kier molecular flexibility index (Phi) is 6.82. The van der Waals surface area contributed by atoms with Crippen molar-refractivity contribution in [2.45, 2.75) is 6.92 Å². The molecule has 0 fully saturated rings. The van der Waals surface area contributed by atoms with Gasteiger partial charge in [0.25, 0.3) is 0 Å². The van der Waals surface area contributed by atoms with Gasteiger partial charge in [-0.15, -0.1) is 0 Å². The zero-order chi connectivity index (χ0) is 20.6. The molecular formula is C24H22ClN3O. The van der Waals surface area contributed by atoms with Gasteiger partial charge in [-0.1, -0.05) is 71.4 Å². The third-order valence-corrected chi connectivity index (χ3v) is 4.56. The number of oxime groups is 1. The zero-order valence-electron chi connectivity index (χ0n) is 16.3. The minimum atomic E-state index is 0.431. The molecule has 4 nitrogen and oxygen atoms in total. The van der Waals surface area contributed by atoms with Gasteiger partial charge in [0.1, 0.15) is 12.9 Å². The van der Waals surface area contributed by atoms with E-state index in [2.05, 4.69) is 34.4 Å². The van der Waals surface area contributed by atoms with Gasteiger partial charge in [0.2, 0.25) is 0 Å². The van der Waals surface area contributed by atoms with Crippen molar-refractivity contribution in [3.05, 3.63) is 95.0 Å². The molecule has 0 heterocycles. The van der Waals surface area contributed by atoms with Crippen LogP contribution in [0.4, 0.5) is 5.69 Å². The highest BCUT2D eigenvalue weighted by atomic mass is 35.5. The average Bonchev–Trinajstić information content (AvgIpc) is 2.75. The fourth-order valence-electron chi connectivity index (χ4n) is 2.76. The van der Waals surface area contributed by atoms with Crippen molar-refractivity contribution >= 4 is 34.9 Å². The summed E-state index contributed by atoms with van der Waals surface area (Å²) in [6.45, 7) is 1.92. The Morgan fingerprint density at radius 1 is 0.897 bits per heavy atom. The first-order valence-corrected chi connectivity index (χ1v) is 9.49. The molecule has 0 saturated carbocycles. The third kappa shape index (κ3) is 5.80. The summed E-state index contributed by atoms with van der Waals surface area (Å²) in [6, 6.07) is 23.7. The van der Waals surface area contributed by atoms with Crippen LogP contribution in [0.2, 0.25) is 5.02 Å². The number of benzene rings is 3. The van der Waals surface area contributed by atoms with E-state index in [0.717, 1.165) is 33.7 Å². The second-order valence-corrected chi connectivity index (χ2v) is 6.84. The van der Waals surface area contributed by atoms with Crippen molar-refractivity contribution in [3.8, 4) is 11.1 Å². The fourth-order valence-corrected chi connectivity index (χ4v) is 2.89. The summed E-state index contributed by atoms with van der Waals surface area (Å²) in [4.78, 5) is 9.17. The summed E-state index contributed by atoms with van der Waals surface area (Å²) in [7, 11) is 1.55. The van der Waals surface area contributed by atoms with E-state index in [-0.39, 0.29) is 0 Å². The van der Waals surface area contributed by atoms with Gasteiger partial charge in [0.15, 0.2) is 0 Å². The molecule has 0 aliphatic carbocycles. The van der Waals surface area contributed by atoms with Crippen LogP contribution in [0.25, 0.3) is 17.2 Å². The Morgan fingerprint density at radius 2 is 1.48 bits per heavy atom. The van der Waals surface area contributed by atoms with Crippen molar-refractivity contribution < 1.29 is 4.84 Å². The van der Waals surface area contributed by atoms with Crippen LogP contribution < -0.4 is 5.73 Å². The molecule has 3 aromatic carbocycles. The molecule has 0 amide bonds. The van der Waals surface area contributed by atoms with Gasteiger partial charge in [-0.2, -0.15) is 0 Å². The van der Waals surface area contributed by atoms with Crippen molar-refractivity contribution in [3.63, 3.8) is 0 Å². The van der Waals surface area contributed by atoms with Gasteiger partial charge in [0, 0.05) is 5.02 Å². The lowest BCUT2D eigenvalue weighted by Gasteiger charge is -2.05. The molecule has 0 unspecified atom stereocenters. The SMILES string of the molecule is CON=C(C)c1ccc(-c2ccc(C=CC(N)=Nc3ccc(Cl)cc3)cc2)cc1. The molecule has 29 heavy (non-hydrogen) atoms. The Balaban J connectivity index is 1.69. The summed E-state index contributed by atoms with van der Waals surface area (Å²) in [5.41, 5.74) is 11.9. The van der Waals surface area contributed by atoms with Crippen molar-refractivity contribution in [2.75, 3.05) is 7.11 Å². The van der Waals surface area contributed by atoms with Gasteiger partial charge >= 0.3 is 0 Å². The van der Waals surface area contributed by atoms with E-state index < -0.39 is 0 Å². The number of rotatable bonds is 6. The van der Waals surface area contributed by atoms with Crippen LogP contribution in [0, 0.1) is 0 Å². The predicted molar refractivity (Wildman–Crippen MR) is 123 cm³/mol. The standard InChI is InChI=1S/C24H22ClN3O/c1-17(28-29-2)19-8-10-21(11-9-19)20-6-3-18(4-7-20)5-16-24(26)27-23-14-12-22(25)13-15-23/h3-16H,1-2H3,(H2,26,27). The molecule has 0 bridgehead atoms. The topological polar surface area (TPSA) is 60.0 Å². The second-order valence-electron chi connectivity index (χ2n) is 6.41. The number of amidine groups is 1. The second kappa shape index (κ2) is 9.71. The normalized spacial score (nSPS) is 12.4. The number of halogens is 1. The Hall–Kier alpha value is -3.37. The van der Waals surface area contributed by atoms with E-state index in [0.29, 0.717) is 10.9 Å². The van der Waals surface area contributed by atoms with Crippen LogP contribution in [0.3, 0.4) is 0 Å². The van der Waals surface area contributed by atoms with Crippen molar-refractivity contribution in [1.29, 1.82) is 0 Å². The lowest BCUT2D eigenvalue weighted by atomic mass is 10.0. The minimum Gasteiger partial charge on any atom is -0.399 e. The van der Waals surface area contributed by atoms with Gasteiger partial charge in [-0.3, -0.25) is 0 Å². The molecule has 5 heteroatoms. The van der Waals surface area contributed by atoms with Crippen LogP contribution in [0.5, 0.6) is 0 Å². The molecule has 0 aromatic heterocycles. The monoisotopic (exact) mass is 403 g/mol. The van der Waals surface area contributed by atoms with Gasteiger partial charge < -0.3 is 10.6 Å². The smallest absolute Gasteiger partial charge is 0.124 e. The maximum Gasteiger partial charge on any atom is 0.124 e. The molecule has 0 atom stereocenters. The molecule has 0 aliphatic heterocycles. The van der Waals surface area contributed by atoms with Crippen LogP contribution in [0.15, 0.2) is 89.0 Å². The third-order valence-electron chi connectivity index (χ3n) is 4.31. The summed E-state index contributed by atoms with van der Waals surface area (Å²) >= 11 is 5.88. The van der Waals surface area contributed by atoms with Gasteiger partial charge in [0.05, 0.1) is 11.4 Å². The average molecular weight is 404 g/mol. The van der Waals surface area contributed by atoms with E-state index in [9.17, 15) is 0 Å². The van der Waals surface area contributed by atoms with E-state index in [1.807, 2.05) is 49.4 Å². The van der Waals surface area contributed by atoms with Crippen molar-refractivity contribution in [2.24, 2.45) is 15.9 Å². The highest BCUT2D eigenvalue weighted by Crippen LogP contribution is 2.21. The summed E-state index contributed by atoms with van der Waals surface area (Å²) in [5, 5.41) is 4.63. The maximum atomic E-state index is 5.98. The van der Waals surface area contributed by atoms with Crippen LogP contribution in [-0.2, 0) is 4.84 Å². The van der Waals surface area contributed by atoms with E-state index in [1.165, 1.54) is 0 Å². The van der Waals surface area contributed by atoms with E-state index in [4.69, 9.17) is 22.2 Å². The Labute approximate surface area is 176 Å². The minimum absolute atomic E-state index is 0.431. The molecule has 0 radical (unpaired) electrons. The quantitative estimate of drug-likeness (QED) is 0.308. The first kappa shape index (κ1) is 20.4. The Morgan fingerprint density at radius 3 is 2.07 bits per heavy atom. The lowest BCUT2D eigenvalue weighted by Crippen LogP contribution is -2.06. The largest absolute Gasteiger partial charge is 0.399 e. The highest BCUT2D eigenvalue weighted by Gasteiger charge is 2.01. The van der Waals surface area contributed by atoms with Gasteiger partial charge in [-0.05, 0) is 59.5 Å². The summed E-state index contributed by atoms with van der Waals surface area (Å²) in [5.74, 6) is 0.431. The number of hydrogen-bond acceptors (Lipinski definition) is 3. The molecule has 0 aliphatic rings. The van der Waals surface area contributed by atoms with E-state index in [1.54, 1.807) is 25.3 Å². The maximum absolute atomic E-state index is 5.98. The molecule has 3 aromatic rings. The fraction of sp³-hybridized carbons (Fsp3) is 0.0833. The van der Waals surface area contributed by atoms with Crippen molar-refractivity contribution in [1.82, 2.24) is 0 Å². The molecule has 0 saturated heterocycles. The molecular weight excluding hydrogens is 382 g/mol. The van der Waals surface area contributed by atoms with Crippen LogP contribution >= 0.6 is 11.6 Å². The predicted octanol–water partition coefficient (Wildman–Crippen LogP) is 6.08. The number of hydrogen-bond donors (Lipinski definition) is 1. The number of nitrogens with two attached hydrogens (primary N) is 1. The molecule has 0 spiro atoms.